The van der Waals surface area contributed by atoms with Crippen molar-refractivity contribution in [2.24, 2.45) is 40.4 Å². The highest BCUT2D eigenvalue weighted by Crippen LogP contribution is 2.65. The zero-order valence-electron chi connectivity index (χ0n) is 18.3. The largest absolute Gasteiger partial charge is 0.469 e. The third-order valence-corrected chi connectivity index (χ3v) is 9.64. The second-order valence-corrected chi connectivity index (χ2v) is 10.7. The Hall–Kier alpha value is -1.12. The Bertz CT molecular complexity index is 679. The van der Waals surface area contributed by atoms with Gasteiger partial charge in [0.2, 0.25) is 0 Å². The molecule has 7 atom stereocenters. The predicted molar refractivity (Wildman–Crippen MR) is 111 cm³/mol. The van der Waals surface area contributed by atoms with Gasteiger partial charge in [-0.1, -0.05) is 39.2 Å². The van der Waals surface area contributed by atoms with Crippen molar-refractivity contribution in [3.8, 4) is 0 Å². The lowest BCUT2D eigenvalue weighted by Gasteiger charge is -2.55. The number of hydrogen-bond donors (Lipinski definition) is 0. The number of fused-ring (bicyclic) bond motifs is 5. The molecule has 0 aliphatic heterocycles. The molecule has 3 fully saturated rings. The van der Waals surface area contributed by atoms with Gasteiger partial charge in [0.25, 0.3) is 0 Å². The Morgan fingerprint density at radius 3 is 2.71 bits per heavy atom. The van der Waals surface area contributed by atoms with E-state index in [4.69, 9.17) is 4.74 Å². The summed E-state index contributed by atoms with van der Waals surface area (Å²) in [5, 5.41) is 0. The summed E-state index contributed by atoms with van der Waals surface area (Å²) in [5.41, 5.74) is 1.56. The molecule has 0 aromatic heterocycles. The number of carbonyl (C=O) groups is 2. The smallest absolute Gasteiger partial charge is 0.305 e. The highest BCUT2D eigenvalue weighted by atomic mass is 16.5. The van der Waals surface area contributed by atoms with E-state index in [0.29, 0.717) is 35.9 Å². The molecule has 3 saturated carbocycles. The molecule has 0 N–H and O–H groups in total. The molecule has 3 nitrogen and oxygen atoms in total. The summed E-state index contributed by atoms with van der Waals surface area (Å²) < 4.78 is 4.83. The van der Waals surface area contributed by atoms with Crippen LogP contribution < -0.4 is 0 Å². The van der Waals surface area contributed by atoms with Crippen LogP contribution in [0.2, 0.25) is 0 Å². The van der Waals surface area contributed by atoms with Crippen LogP contribution in [0, 0.1) is 40.4 Å². The maximum Gasteiger partial charge on any atom is 0.305 e. The minimum Gasteiger partial charge on any atom is -0.469 e. The summed E-state index contributed by atoms with van der Waals surface area (Å²) in [7, 11) is 1.46. The normalized spacial score (nSPS) is 43.4. The summed E-state index contributed by atoms with van der Waals surface area (Å²) in [5.74, 6) is 2.94. The average Bonchev–Trinajstić information content (AvgIpc) is 3.05. The number of esters is 1. The first-order valence-corrected chi connectivity index (χ1v) is 11.7. The first-order chi connectivity index (χ1) is 13.3. The third-order valence-electron chi connectivity index (χ3n) is 9.64. The van der Waals surface area contributed by atoms with E-state index >= 15 is 0 Å². The topological polar surface area (TPSA) is 43.4 Å². The van der Waals surface area contributed by atoms with E-state index in [1.54, 1.807) is 0 Å². The molecular formula is C25H38O3. The molecule has 6 unspecified atom stereocenters. The summed E-state index contributed by atoms with van der Waals surface area (Å²) in [6, 6.07) is 0. The van der Waals surface area contributed by atoms with Crippen molar-refractivity contribution in [3.63, 3.8) is 0 Å². The van der Waals surface area contributed by atoms with Crippen LogP contribution in [-0.4, -0.2) is 18.9 Å². The van der Waals surface area contributed by atoms with Gasteiger partial charge in [0.15, 0.2) is 5.78 Å². The van der Waals surface area contributed by atoms with Gasteiger partial charge in [0.05, 0.1) is 7.11 Å². The Balaban J connectivity index is 1.60. The van der Waals surface area contributed by atoms with Crippen LogP contribution in [0.1, 0.15) is 85.0 Å². The minimum absolute atomic E-state index is 0.132. The minimum atomic E-state index is -0.235. The monoisotopic (exact) mass is 386 g/mol. The number of allylic oxidation sites excluding steroid dienone is 2. The Morgan fingerprint density at radius 1 is 1.18 bits per heavy atom. The van der Waals surface area contributed by atoms with Crippen molar-refractivity contribution in [2.75, 3.05) is 7.11 Å². The molecule has 0 amide bonds. The quantitative estimate of drug-likeness (QED) is 0.580. The first-order valence-electron chi connectivity index (χ1n) is 11.7. The zero-order valence-corrected chi connectivity index (χ0v) is 18.3. The summed E-state index contributed by atoms with van der Waals surface area (Å²) in [4.78, 5) is 25.2. The van der Waals surface area contributed by atoms with Crippen LogP contribution >= 0.6 is 0 Å². The second-order valence-electron chi connectivity index (χ2n) is 10.7. The Morgan fingerprint density at radius 2 is 1.96 bits per heavy atom. The van der Waals surface area contributed by atoms with Crippen LogP contribution in [0.4, 0.5) is 0 Å². The standard InChI is InChI=1S/C25H38O3/c1-16(8-13-23(27)28-4)19-11-12-20-18-10-9-17-7-5-6-14-24(17,2)21(18)15-22(26)25(19,20)3/h15-20H,5-14H2,1-4H3/t16-,17?,18?,19?,20?,24?,25?/m1/s1. The first kappa shape index (κ1) is 20.2. The molecule has 0 aromatic carbocycles. The maximum absolute atomic E-state index is 13.6. The third kappa shape index (κ3) is 2.91. The van der Waals surface area contributed by atoms with Crippen LogP contribution in [0.5, 0.6) is 0 Å². The highest BCUT2D eigenvalue weighted by Gasteiger charge is 2.60. The van der Waals surface area contributed by atoms with Gasteiger partial charge in [-0.3, -0.25) is 9.59 Å². The summed E-state index contributed by atoms with van der Waals surface area (Å²) in [6.07, 6.45) is 13.7. The summed E-state index contributed by atoms with van der Waals surface area (Å²) in [6.45, 7) is 6.97. The van der Waals surface area contributed by atoms with Crippen LogP contribution in [-0.2, 0) is 14.3 Å². The lowest BCUT2D eigenvalue weighted by atomic mass is 9.48. The molecule has 0 heterocycles. The van der Waals surface area contributed by atoms with Crippen molar-refractivity contribution >= 4 is 11.8 Å². The lowest BCUT2D eigenvalue weighted by molar-refractivity contribution is -0.141. The van der Waals surface area contributed by atoms with Gasteiger partial charge >= 0.3 is 5.97 Å². The zero-order chi connectivity index (χ0) is 20.1. The molecule has 0 spiro atoms. The van der Waals surface area contributed by atoms with Crippen molar-refractivity contribution < 1.29 is 14.3 Å². The van der Waals surface area contributed by atoms with E-state index in [1.807, 2.05) is 0 Å². The molecule has 4 rings (SSSR count). The lowest BCUT2D eigenvalue weighted by Crippen LogP contribution is -2.51. The molecule has 0 aromatic rings. The fraction of sp³-hybridized carbons (Fsp3) is 0.840. The number of ether oxygens (including phenoxy) is 1. The van der Waals surface area contributed by atoms with Gasteiger partial charge in [-0.15, -0.1) is 0 Å². The van der Waals surface area contributed by atoms with Crippen LogP contribution in [0.3, 0.4) is 0 Å². The summed E-state index contributed by atoms with van der Waals surface area (Å²) >= 11 is 0. The van der Waals surface area contributed by atoms with Crippen LogP contribution in [0.15, 0.2) is 11.6 Å². The van der Waals surface area contributed by atoms with E-state index in [-0.39, 0.29) is 16.8 Å². The molecule has 0 radical (unpaired) electrons. The van der Waals surface area contributed by atoms with E-state index in [9.17, 15) is 9.59 Å². The molecule has 28 heavy (non-hydrogen) atoms. The highest BCUT2D eigenvalue weighted by molar-refractivity contribution is 5.97. The fourth-order valence-corrected chi connectivity index (χ4v) is 7.94. The number of carbonyl (C=O) groups excluding carboxylic acids is 2. The van der Waals surface area contributed by atoms with Gasteiger partial charge in [0, 0.05) is 11.8 Å². The predicted octanol–water partition coefficient (Wildman–Crippen LogP) is 5.72. The molecule has 0 bridgehead atoms. The van der Waals surface area contributed by atoms with Gasteiger partial charge in [-0.25, -0.2) is 0 Å². The molecule has 0 saturated heterocycles. The van der Waals surface area contributed by atoms with Gasteiger partial charge in [0.1, 0.15) is 0 Å². The van der Waals surface area contributed by atoms with Crippen molar-refractivity contribution in [2.45, 2.75) is 85.0 Å². The van der Waals surface area contributed by atoms with Gasteiger partial charge < -0.3 is 4.74 Å². The molecule has 4 aliphatic rings. The number of rotatable bonds is 4. The molecule has 4 aliphatic carbocycles. The van der Waals surface area contributed by atoms with E-state index < -0.39 is 0 Å². The van der Waals surface area contributed by atoms with Crippen molar-refractivity contribution in [1.82, 2.24) is 0 Å². The average molecular weight is 387 g/mol. The number of ketones is 1. The number of hydrogen-bond acceptors (Lipinski definition) is 3. The Kier molecular flexibility index (Phi) is 5.25. The van der Waals surface area contributed by atoms with Gasteiger partial charge in [-0.2, -0.15) is 0 Å². The van der Waals surface area contributed by atoms with Crippen molar-refractivity contribution in [1.29, 1.82) is 0 Å². The van der Waals surface area contributed by atoms with E-state index in [0.717, 1.165) is 18.8 Å². The van der Waals surface area contributed by atoms with E-state index in [2.05, 4.69) is 26.8 Å². The molecule has 3 heteroatoms. The van der Waals surface area contributed by atoms with Crippen LogP contribution in [0.25, 0.3) is 0 Å². The SMILES string of the molecule is COC(=O)CC[C@@H](C)C1CCC2C3CCC4CCCCC4(C)C3=CC(=O)C21C. The second kappa shape index (κ2) is 7.29. The molecular weight excluding hydrogens is 348 g/mol. The number of methoxy groups -OCH3 is 1. The fourth-order valence-electron chi connectivity index (χ4n) is 7.94. The van der Waals surface area contributed by atoms with E-state index in [1.165, 1.54) is 57.6 Å². The van der Waals surface area contributed by atoms with Crippen molar-refractivity contribution in [3.05, 3.63) is 11.6 Å². The maximum atomic E-state index is 13.6. The molecule has 156 valence electrons. The van der Waals surface area contributed by atoms with Gasteiger partial charge in [-0.05, 0) is 86.0 Å². The Labute approximate surface area is 170 Å².